The van der Waals surface area contributed by atoms with Crippen LogP contribution < -0.4 is 9.47 Å². The molecule has 0 atom stereocenters. The molecule has 1 aliphatic rings. The number of methoxy groups -OCH3 is 1. The molecule has 8 heteroatoms. The zero-order chi connectivity index (χ0) is 24.8. The predicted octanol–water partition coefficient (Wildman–Crippen LogP) is 7.25. The summed E-state index contributed by atoms with van der Waals surface area (Å²) in [6, 6.07) is 20.8. The first-order chi connectivity index (χ1) is 17.0. The molecule has 3 aromatic rings. The molecule has 1 aliphatic heterocycles. The molecule has 5 nitrogen and oxygen atoms in total. The molecule has 0 bridgehead atoms. The van der Waals surface area contributed by atoms with Crippen molar-refractivity contribution in [1.29, 1.82) is 0 Å². The molecule has 0 N–H and O–H groups in total. The van der Waals surface area contributed by atoms with Crippen LogP contribution in [-0.4, -0.2) is 29.7 Å². The lowest BCUT2D eigenvalue weighted by molar-refractivity contribution is -0.122. The summed E-state index contributed by atoms with van der Waals surface area (Å²) in [6.07, 6.45) is 3.14. The fourth-order valence-electron chi connectivity index (χ4n) is 3.66. The smallest absolute Gasteiger partial charge is 0.293 e. The maximum absolute atomic E-state index is 12.9. The molecular weight excluding hydrogens is 505 g/mol. The van der Waals surface area contributed by atoms with Crippen LogP contribution >= 0.6 is 35.0 Å². The van der Waals surface area contributed by atoms with Gasteiger partial charge < -0.3 is 9.47 Å². The molecule has 4 rings (SSSR count). The lowest BCUT2D eigenvalue weighted by atomic mass is 10.1. The van der Waals surface area contributed by atoms with Crippen molar-refractivity contribution < 1.29 is 19.1 Å². The summed E-state index contributed by atoms with van der Waals surface area (Å²) in [6.45, 7) is 0.590. The van der Waals surface area contributed by atoms with Crippen LogP contribution in [0.2, 0.25) is 10.0 Å². The SMILES string of the molecule is COc1cc(/C=C2/SC(=O)N(CCCc3ccccc3)C2=O)cc(Cl)c1OCc1ccccc1Cl. The fraction of sp³-hybridized carbons (Fsp3) is 0.185. The molecule has 35 heavy (non-hydrogen) atoms. The van der Waals surface area contributed by atoms with Crippen molar-refractivity contribution in [2.24, 2.45) is 0 Å². The van der Waals surface area contributed by atoms with Crippen molar-refractivity contribution >= 4 is 52.2 Å². The lowest BCUT2D eigenvalue weighted by Crippen LogP contribution is -2.29. The quantitative estimate of drug-likeness (QED) is 0.274. The minimum Gasteiger partial charge on any atom is -0.493 e. The van der Waals surface area contributed by atoms with E-state index in [9.17, 15) is 9.59 Å². The van der Waals surface area contributed by atoms with Crippen molar-refractivity contribution in [3.8, 4) is 11.5 Å². The third kappa shape index (κ3) is 6.20. The molecule has 1 saturated heterocycles. The Balaban J connectivity index is 1.45. The van der Waals surface area contributed by atoms with Crippen molar-refractivity contribution in [2.75, 3.05) is 13.7 Å². The van der Waals surface area contributed by atoms with E-state index in [1.807, 2.05) is 48.5 Å². The number of aryl methyl sites for hydroxylation is 1. The lowest BCUT2D eigenvalue weighted by Gasteiger charge is -2.14. The van der Waals surface area contributed by atoms with Gasteiger partial charge in [0.25, 0.3) is 11.1 Å². The number of halogens is 2. The van der Waals surface area contributed by atoms with Crippen molar-refractivity contribution in [2.45, 2.75) is 19.4 Å². The Hall–Kier alpha value is -2.93. The third-order valence-corrected chi connectivity index (χ3v) is 7.00. The molecule has 0 saturated carbocycles. The Kier molecular flexibility index (Phi) is 8.39. The third-order valence-electron chi connectivity index (χ3n) is 5.44. The number of carbonyl (C=O) groups is 2. The molecule has 0 aromatic heterocycles. The van der Waals surface area contributed by atoms with Crippen molar-refractivity contribution in [3.05, 3.63) is 98.4 Å². The van der Waals surface area contributed by atoms with E-state index in [-0.39, 0.29) is 17.8 Å². The number of rotatable bonds is 9. The van der Waals surface area contributed by atoms with Gasteiger partial charge in [-0.3, -0.25) is 14.5 Å². The summed E-state index contributed by atoms with van der Waals surface area (Å²) >= 11 is 13.6. The fourth-order valence-corrected chi connectivity index (χ4v) is 4.99. The summed E-state index contributed by atoms with van der Waals surface area (Å²) in [7, 11) is 1.51. The average molecular weight is 528 g/mol. The first-order valence-corrected chi connectivity index (χ1v) is 12.6. The number of ether oxygens (including phenoxy) is 2. The van der Waals surface area contributed by atoms with Gasteiger partial charge in [-0.05, 0) is 60.0 Å². The Morgan fingerprint density at radius 2 is 1.71 bits per heavy atom. The molecule has 3 aromatic carbocycles. The van der Waals surface area contributed by atoms with Crippen LogP contribution in [0.25, 0.3) is 6.08 Å². The van der Waals surface area contributed by atoms with Gasteiger partial charge in [0, 0.05) is 17.1 Å². The first-order valence-electron chi connectivity index (χ1n) is 11.0. The van der Waals surface area contributed by atoms with Crippen molar-refractivity contribution in [3.63, 3.8) is 0 Å². The summed E-state index contributed by atoms with van der Waals surface area (Å²) in [5.41, 5.74) is 2.62. The van der Waals surface area contributed by atoms with Crippen LogP contribution in [0.4, 0.5) is 4.79 Å². The summed E-state index contributed by atoms with van der Waals surface area (Å²) in [4.78, 5) is 27.0. The Bertz CT molecular complexity index is 1260. The molecule has 0 unspecified atom stereocenters. The highest BCUT2D eigenvalue weighted by Crippen LogP contribution is 2.39. The normalized spacial score (nSPS) is 14.6. The minimum atomic E-state index is -0.304. The molecule has 0 spiro atoms. The summed E-state index contributed by atoms with van der Waals surface area (Å²) < 4.78 is 11.4. The van der Waals surface area contributed by atoms with Crippen LogP contribution in [0.3, 0.4) is 0 Å². The number of hydrogen-bond donors (Lipinski definition) is 0. The van der Waals surface area contributed by atoms with Crippen LogP contribution in [0.1, 0.15) is 23.1 Å². The summed E-state index contributed by atoms with van der Waals surface area (Å²) in [5, 5.41) is 0.649. The van der Waals surface area contributed by atoms with Gasteiger partial charge in [0.05, 0.1) is 17.0 Å². The average Bonchev–Trinajstić information content (AvgIpc) is 3.12. The molecular formula is C27H23Cl2NO4S. The van der Waals surface area contributed by atoms with E-state index in [1.165, 1.54) is 17.6 Å². The highest BCUT2D eigenvalue weighted by atomic mass is 35.5. The van der Waals surface area contributed by atoms with Gasteiger partial charge in [0.1, 0.15) is 6.61 Å². The maximum atomic E-state index is 12.9. The van der Waals surface area contributed by atoms with Crippen LogP contribution in [0, 0.1) is 0 Å². The second-order valence-corrected chi connectivity index (χ2v) is 9.64. The zero-order valence-electron chi connectivity index (χ0n) is 19.0. The van der Waals surface area contributed by atoms with Gasteiger partial charge in [-0.15, -0.1) is 0 Å². The summed E-state index contributed by atoms with van der Waals surface area (Å²) in [5.74, 6) is 0.486. The molecule has 2 amide bonds. The number of nitrogens with zero attached hydrogens (tertiary/aromatic N) is 1. The first kappa shape index (κ1) is 25.2. The van der Waals surface area contributed by atoms with Gasteiger partial charge in [-0.2, -0.15) is 0 Å². The number of benzene rings is 3. The van der Waals surface area contributed by atoms with Crippen LogP contribution in [0.5, 0.6) is 11.5 Å². The highest BCUT2D eigenvalue weighted by molar-refractivity contribution is 8.18. The van der Waals surface area contributed by atoms with Crippen LogP contribution in [0.15, 0.2) is 71.6 Å². The second-order valence-electron chi connectivity index (χ2n) is 7.84. The highest BCUT2D eigenvalue weighted by Gasteiger charge is 2.34. The minimum absolute atomic E-state index is 0.219. The van der Waals surface area contributed by atoms with E-state index in [0.29, 0.717) is 45.0 Å². The molecule has 0 radical (unpaired) electrons. The van der Waals surface area contributed by atoms with Crippen LogP contribution in [-0.2, 0) is 17.8 Å². The Labute approximate surface area is 218 Å². The van der Waals surface area contributed by atoms with E-state index in [4.69, 9.17) is 32.7 Å². The van der Waals surface area contributed by atoms with E-state index in [1.54, 1.807) is 24.3 Å². The van der Waals surface area contributed by atoms with E-state index < -0.39 is 0 Å². The molecule has 1 heterocycles. The number of amides is 2. The number of thioether (sulfide) groups is 1. The molecule has 180 valence electrons. The zero-order valence-corrected chi connectivity index (χ0v) is 21.3. The number of hydrogen-bond acceptors (Lipinski definition) is 5. The largest absolute Gasteiger partial charge is 0.493 e. The molecule has 1 fully saturated rings. The van der Waals surface area contributed by atoms with Gasteiger partial charge >= 0.3 is 0 Å². The van der Waals surface area contributed by atoms with E-state index in [2.05, 4.69) is 0 Å². The maximum Gasteiger partial charge on any atom is 0.293 e. The van der Waals surface area contributed by atoms with Gasteiger partial charge in [0.2, 0.25) is 0 Å². The van der Waals surface area contributed by atoms with E-state index >= 15 is 0 Å². The van der Waals surface area contributed by atoms with Gasteiger partial charge in [-0.1, -0.05) is 71.7 Å². The Morgan fingerprint density at radius 3 is 2.46 bits per heavy atom. The topological polar surface area (TPSA) is 55.8 Å². The number of imide groups is 1. The van der Waals surface area contributed by atoms with Gasteiger partial charge in [0.15, 0.2) is 11.5 Å². The predicted molar refractivity (Wildman–Crippen MR) is 141 cm³/mol. The Morgan fingerprint density at radius 1 is 0.971 bits per heavy atom. The number of carbonyl (C=O) groups excluding carboxylic acids is 2. The second kappa shape index (κ2) is 11.7. The molecule has 0 aliphatic carbocycles. The monoisotopic (exact) mass is 527 g/mol. The van der Waals surface area contributed by atoms with Crippen molar-refractivity contribution in [1.82, 2.24) is 4.90 Å². The standard InChI is InChI=1S/C27H23Cl2NO4S/c1-33-23-15-19(14-22(29)25(23)34-17-20-11-5-6-12-21(20)28)16-24-26(31)30(27(32)35-24)13-7-10-18-8-3-2-4-9-18/h2-6,8-9,11-12,14-16H,7,10,13,17H2,1H3/b24-16+. The van der Waals surface area contributed by atoms with Gasteiger partial charge in [-0.25, -0.2) is 0 Å². The van der Waals surface area contributed by atoms with E-state index in [0.717, 1.165) is 23.7 Å².